The Morgan fingerprint density at radius 2 is 1.74 bits per heavy atom. The summed E-state index contributed by atoms with van der Waals surface area (Å²) in [4.78, 5) is 19.6. The molecule has 38 heavy (non-hydrogen) atoms. The summed E-state index contributed by atoms with van der Waals surface area (Å²) in [5.41, 5.74) is 3.87. The van der Waals surface area contributed by atoms with Gasteiger partial charge in [-0.25, -0.2) is 4.79 Å². The zero-order chi connectivity index (χ0) is 27.5. The first-order chi connectivity index (χ1) is 17.9. The number of hydrogen-bond acceptors (Lipinski definition) is 5. The van der Waals surface area contributed by atoms with E-state index >= 15 is 0 Å². The monoisotopic (exact) mass is 522 g/mol. The molecule has 6 nitrogen and oxygen atoms in total. The minimum atomic E-state index is -1.11. The fourth-order valence-corrected chi connectivity index (χ4v) is 5.69. The number of benzene rings is 1. The summed E-state index contributed by atoms with van der Waals surface area (Å²) < 4.78 is 12.3. The van der Waals surface area contributed by atoms with Gasteiger partial charge in [0.2, 0.25) is 0 Å². The number of anilines is 1. The Hall–Kier alpha value is -2.60. The minimum Gasteiger partial charge on any atom is -0.493 e. The third kappa shape index (κ3) is 7.07. The molecule has 1 aromatic heterocycles. The van der Waals surface area contributed by atoms with E-state index in [2.05, 4.69) is 30.9 Å². The van der Waals surface area contributed by atoms with Crippen LogP contribution in [0, 0.1) is 18.3 Å². The van der Waals surface area contributed by atoms with E-state index in [9.17, 15) is 9.90 Å². The van der Waals surface area contributed by atoms with Gasteiger partial charge in [0, 0.05) is 36.1 Å². The Bertz CT molecular complexity index is 1090. The molecule has 1 saturated heterocycles. The first-order valence-electron chi connectivity index (χ1n) is 14.3. The summed E-state index contributed by atoms with van der Waals surface area (Å²) in [7, 11) is 0. The standard InChI is InChI=1S/C32H46N2O4/c1-22-27(29(30(35)36)38-31(2,3)4)28(34-18-16-32(5,6)17-19-34)26(20-33-22)24-12-14-25(15-13-24)37-21-23-10-8-7-9-11-23/h12-15,20,23,29H,7-11,16-19,21H2,1-6H3,(H,35,36)/t29-/m0/s1. The predicted molar refractivity (Wildman–Crippen MR) is 153 cm³/mol. The molecule has 0 spiro atoms. The SMILES string of the molecule is Cc1ncc(-c2ccc(OCC3CCCCC3)cc2)c(N2CCC(C)(C)CC2)c1[C@H](OC(C)(C)C)C(=O)O. The van der Waals surface area contributed by atoms with Gasteiger partial charge in [0.05, 0.1) is 17.9 Å². The minimum absolute atomic E-state index is 0.268. The number of nitrogens with zero attached hydrogens (tertiary/aromatic N) is 2. The van der Waals surface area contributed by atoms with Crippen LogP contribution in [0.2, 0.25) is 0 Å². The van der Waals surface area contributed by atoms with E-state index in [1.54, 1.807) is 0 Å². The number of carboxylic acid groups (broad SMARTS) is 1. The molecule has 0 bridgehead atoms. The fraction of sp³-hybridized carbons (Fsp3) is 0.625. The van der Waals surface area contributed by atoms with Crippen LogP contribution in [0.15, 0.2) is 30.5 Å². The number of piperidine rings is 1. The molecule has 2 aromatic rings. The first-order valence-corrected chi connectivity index (χ1v) is 14.3. The van der Waals surface area contributed by atoms with Crippen molar-refractivity contribution in [3.05, 3.63) is 41.7 Å². The van der Waals surface area contributed by atoms with Crippen molar-refractivity contribution in [2.24, 2.45) is 11.3 Å². The van der Waals surface area contributed by atoms with E-state index in [0.717, 1.165) is 55.1 Å². The lowest BCUT2D eigenvalue weighted by atomic mass is 9.82. The van der Waals surface area contributed by atoms with Crippen LogP contribution in [-0.4, -0.2) is 41.4 Å². The molecule has 2 aliphatic rings. The first kappa shape index (κ1) is 28.4. The third-order valence-corrected chi connectivity index (χ3v) is 8.05. The highest BCUT2D eigenvalue weighted by atomic mass is 16.5. The largest absolute Gasteiger partial charge is 0.493 e. The molecule has 0 unspecified atom stereocenters. The Morgan fingerprint density at radius 1 is 1.11 bits per heavy atom. The Morgan fingerprint density at radius 3 is 2.32 bits per heavy atom. The average molecular weight is 523 g/mol. The molecule has 1 aliphatic carbocycles. The highest BCUT2D eigenvalue weighted by Crippen LogP contribution is 2.43. The molecule has 2 fully saturated rings. The van der Waals surface area contributed by atoms with Crippen LogP contribution in [0.4, 0.5) is 5.69 Å². The molecule has 0 amide bonds. The van der Waals surface area contributed by atoms with Crippen LogP contribution in [-0.2, 0) is 9.53 Å². The maximum atomic E-state index is 12.6. The van der Waals surface area contributed by atoms with Gasteiger partial charge in [-0.15, -0.1) is 0 Å². The van der Waals surface area contributed by atoms with E-state index in [-0.39, 0.29) is 5.41 Å². The molecule has 1 aromatic carbocycles. The zero-order valence-corrected chi connectivity index (χ0v) is 24.2. The lowest BCUT2D eigenvalue weighted by molar-refractivity contribution is -0.160. The molecule has 2 heterocycles. The summed E-state index contributed by atoms with van der Waals surface area (Å²) in [6.45, 7) is 14.7. The summed E-state index contributed by atoms with van der Waals surface area (Å²) in [5.74, 6) is 0.533. The van der Waals surface area contributed by atoms with E-state index in [1.165, 1.54) is 32.1 Å². The Kier molecular flexibility index (Phi) is 8.71. The molecule has 6 heteroatoms. The van der Waals surface area contributed by atoms with Crippen molar-refractivity contribution >= 4 is 11.7 Å². The zero-order valence-electron chi connectivity index (χ0n) is 24.2. The van der Waals surface area contributed by atoms with Crippen LogP contribution >= 0.6 is 0 Å². The van der Waals surface area contributed by atoms with Crippen molar-refractivity contribution < 1.29 is 19.4 Å². The van der Waals surface area contributed by atoms with E-state index < -0.39 is 17.7 Å². The van der Waals surface area contributed by atoms with E-state index in [4.69, 9.17) is 14.5 Å². The number of hydrogen-bond donors (Lipinski definition) is 1. The molecule has 1 aliphatic heterocycles. The lowest BCUT2D eigenvalue weighted by Gasteiger charge is -2.41. The van der Waals surface area contributed by atoms with Crippen LogP contribution in [0.1, 0.15) is 96.9 Å². The normalized spacial score (nSPS) is 19.3. The van der Waals surface area contributed by atoms with Gasteiger partial charge in [-0.2, -0.15) is 0 Å². The second-order valence-corrected chi connectivity index (χ2v) is 13.0. The summed E-state index contributed by atoms with van der Waals surface area (Å²) in [6, 6.07) is 8.20. The van der Waals surface area contributed by atoms with Crippen molar-refractivity contribution in [2.75, 3.05) is 24.6 Å². The fourth-order valence-electron chi connectivity index (χ4n) is 5.69. The van der Waals surface area contributed by atoms with Crippen molar-refractivity contribution in [3.63, 3.8) is 0 Å². The quantitative estimate of drug-likeness (QED) is 0.385. The highest BCUT2D eigenvalue weighted by molar-refractivity contribution is 5.86. The van der Waals surface area contributed by atoms with Gasteiger partial charge >= 0.3 is 5.97 Å². The van der Waals surface area contributed by atoms with Crippen molar-refractivity contribution in [2.45, 2.75) is 98.2 Å². The van der Waals surface area contributed by atoms with Gasteiger partial charge in [-0.05, 0) is 82.4 Å². The van der Waals surface area contributed by atoms with Crippen LogP contribution < -0.4 is 9.64 Å². The van der Waals surface area contributed by atoms with Crippen molar-refractivity contribution in [3.8, 4) is 16.9 Å². The molecule has 1 N–H and O–H groups in total. The van der Waals surface area contributed by atoms with Gasteiger partial charge in [0.15, 0.2) is 6.10 Å². The average Bonchev–Trinajstić information content (AvgIpc) is 2.86. The van der Waals surface area contributed by atoms with Crippen LogP contribution in [0.3, 0.4) is 0 Å². The van der Waals surface area contributed by atoms with Gasteiger partial charge in [0.25, 0.3) is 0 Å². The predicted octanol–water partition coefficient (Wildman–Crippen LogP) is 7.58. The maximum absolute atomic E-state index is 12.6. The number of carbonyl (C=O) groups is 1. The van der Waals surface area contributed by atoms with Crippen molar-refractivity contribution in [1.29, 1.82) is 0 Å². The number of aryl methyl sites for hydroxylation is 1. The van der Waals surface area contributed by atoms with Gasteiger partial charge in [-0.3, -0.25) is 4.98 Å². The summed E-state index contributed by atoms with van der Waals surface area (Å²) in [6.07, 6.45) is 9.34. The number of ether oxygens (including phenoxy) is 2. The van der Waals surface area contributed by atoms with Gasteiger partial charge < -0.3 is 19.5 Å². The molecular weight excluding hydrogens is 476 g/mol. The Labute approximate surface area is 228 Å². The Balaban J connectivity index is 1.71. The topological polar surface area (TPSA) is 71.9 Å². The molecule has 208 valence electrons. The van der Waals surface area contributed by atoms with Crippen LogP contribution in [0.5, 0.6) is 5.75 Å². The van der Waals surface area contributed by atoms with Gasteiger partial charge in [-0.1, -0.05) is 45.2 Å². The number of carboxylic acids is 1. The summed E-state index contributed by atoms with van der Waals surface area (Å²) >= 11 is 0. The van der Waals surface area contributed by atoms with E-state index in [1.807, 2.05) is 46.0 Å². The lowest BCUT2D eigenvalue weighted by Crippen LogP contribution is -2.39. The third-order valence-electron chi connectivity index (χ3n) is 8.05. The molecule has 4 rings (SSSR count). The summed E-state index contributed by atoms with van der Waals surface area (Å²) in [5, 5.41) is 10.3. The van der Waals surface area contributed by atoms with Crippen LogP contribution in [0.25, 0.3) is 11.1 Å². The number of pyridine rings is 1. The maximum Gasteiger partial charge on any atom is 0.337 e. The number of aromatic nitrogens is 1. The number of aliphatic carboxylic acids is 1. The smallest absolute Gasteiger partial charge is 0.337 e. The molecule has 1 saturated carbocycles. The molecule has 1 atom stereocenters. The second kappa shape index (κ2) is 11.6. The molecule has 0 radical (unpaired) electrons. The van der Waals surface area contributed by atoms with Crippen molar-refractivity contribution in [1.82, 2.24) is 4.98 Å². The number of rotatable bonds is 8. The van der Waals surface area contributed by atoms with Gasteiger partial charge in [0.1, 0.15) is 5.75 Å². The van der Waals surface area contributed by atoms with E-state index in [0.29, 0.717) is 17.2 Å². The second-order valence-electron chi connectivity index (χ2n) is 13.0. The highest BCUT2D eigenvalue weighted by Gasteiger charge is 2.35. The molecular formula is C32H46N2O4.